The van der Waals surface area contributed by atoms with E-state index in [2.05, 4.69) is 16.0 Å². The Hall–Kier alpha value is -3.10. The van der Waals surface area contributed by atoms with Gasteiger partial charge < -0.3 is 25.6 Å². The SMILES string of the molecule is CCC(C)[C@@H]1NCCOc2ccccc2CCCNC(=O)[C@@H](Cc2ccc(Cl)cc2)NC(=O)CN(C)C1=O. The first-order chi connectivity index (χ1) is 18.3. The summed E-state index contributed by atoms with van der Waals surface area (Å²) in [5, 5.41) is 9.73. The highest BCUT2D eigenvalue weighted by Gasteiger charge is 2.28. The number of aryl methyl sites for hydroxylation is 1. The van der Waals surface area contributed by atoms with Gasteiger partial charge in [0.1, 0.15) is 18.4 Å². The maximum absolute atomic E-state index is 13.3. The van der Waals surface area contributed by atoms with Gasteiger partial charge >= 0.3 is 0 Å². The quantitative estimate of drug-likeness (QED) is 0.551. The molecule has 1 aliphatic heterocycles. The molecule has 0 aromatic heterocycles. The van der Waals surface area contributed by atoms with Crippen LogP contribution >= 0.6 is 11.6 Å². The van der Waals surface area contributed by atoms with Gasteiger partial charge in [-0.05, 0) is 48.1 Å². The summed E-state index contributed by atoms with van der Waals surface area (Å²) in [4.78, 5) is 40.8. The molecule has 0 bridgehead atoms. The number of amides is 3. The van der Waals surface area contributed by atoms with Crippen LogP contribution in [0.3, 0.4) is 0 Å². The minimum absolute atomic E-state index is 0.0642. The van der Waals surface area contributed by atoms with E-state index in [9.17, 15) is 14.4 Å². The minimum Gasteiger partial charge on any atom is -0.492 e. The van der Waals surface area contributed by atoms with Crippen molar-refractivity contribution in [3.8, 4) is 5.75 Å². The van der Waals surface area contributed by atoms with Crippen molar-refractivity contribution in [1.82, 2.24) is 20.9 Å². The third-order valence-corrected chi connectivity index (χ3v) is 7.11. The zero-order valence-electron chi connectivity index (χ0n) is 22.5. The lowest BCUT2D eigenvalue weighted by atomic mass is 9.98. The van der Waals surface area contributed by atoms with E-state index in [0.29, 0.717) is 31.1 Å². The molecular weight excluding hydrogens is 504 g/mol. The van der Waals surface area contributed by atoms with Gasteiger partial charge in [0.05, 0.1) is 12.6 Å². The summed E-state index contributed by atoms with van der Waals surface area (Å²) in [5.41, 5.74) is 1.93. The summed E-state index contributed by atoms with van der Waals surface area (Å²) in [7, 11) is 1.61. The molecule has 0 saturated heterocycles. The molecule has 1 unspecified atom stereocenters. The van der Waals surface area contributed by atoms with Crippen LogP contribution in [0.15, 0.2) is 48.5 Å². The molecule has 0 radical (unpaired) electrons. The molecule has 3 amide bonds. The first-order valence-electron chi connectivity index (χ1n) is 13.3. The van der Waals surface area contributed by atoms with Crippen molar-refractivity contribution in [2.45, 2.75) is 51.6 Å². The van der Waals surface area contributed by atoms with E-state index in [4.69, 9.17) is 16.3 Å². The van der Waals surface area contributed by atoms with Crippen LogP contribution in [0.25, 0.3) is 0 Å². The smallest absolute Gasteiger partial charge is 0.242 e. The number of benzene rings is 2. The second kappa shape index (κ2) is 14.7. The van der Waals surface area contributed by atoms with E-state index in [0.717, 1.165) is 36.1 Å². The molecular formula is C29H39ClN4O4. The van der Waals surface area contributed by atoms with Crippen LogP contribution < -0.4 is 20.7 Å². The molecule has 1 heterocycles. The fourth-order valence-electron chi connectivity index (χ4n) is 4.44. The van der Waals surface area contributed by atoms with Gasteiger partial charge in [0.15, 0.2) is 0 Å². The highest BCUT2D eigenvalue weighted by molar-refractivity contribution is 6.30. The van der Waals surface area contributed by atoms with E-state index in [1.54, 1.807) is 19.2 Å². The van der Waals surface area contributed by atoms with Gasteiger partial charge in [0, 0.05) is 31.6 Å². The van der Waals surface area contributed by atoms with Gasteiger partial charge in [0.25, 0.3) is 0 Å². The Kier molecular flexibility index (Phi) is 11.4. The fourth-order valence-corrected chi connectivity index (χ4v) is 4.57. The second-order valence-corrected chi connectivity index (χ2v) is 10.2. The molecule has 1 aliphatic rings. The summed E-state index contributed by atoms with van der Waals surface area (Å²) in [6.45, 7) is 5.25. The predicted octanol–water partition coefficient (Wildman–Crippen LogP) is 2.97. The van der Waals surface area contributed by atoms with E-state index in [1.165, 1.54) is 4.90 Å². The van der Waals surface area contributed by atoms with Crippen LogP contribution in [-0.4, -0.2) is 68.0 Å². The topological polar surface area (TPSA) is 99.8 Å². The fraction of sp³-hybridized carbons (Fsp3) is 0.483. The minimum atomic E-state index is -0.787. The highest BCUT2D eigenvalue weighted by atomic mass is 35.5. The van der Waals surface area contributed by atoms with Crippen molar-refractivity contribution in [1.29, 1.82) is 0 Å². The number of hydrogen-bond acceptors (Lipinski definition) is 5. The van der Waals surface area contributed by atoms with Gasteiger partial charge in [0.2, 0.25) is 17.7 Å². The molecule has 9 heteroatoms. The van der Waals surface area contributed by atoms with Crippen LogP contribution in [0.1, 0.15) is 37.8 Å². The number of nitrogens with zero attached hydrogens (tertiary/aromatic N) is 1. The molecule has 3 N–H and O–H groups in total. The highest BCUT2D eigenvalue weighted by Crippen LogP contribution is 2.19. The number of carbonyl (C=O) groups is 3. The first kappa shape index (κ1) is 29.5. The van der Waals surface area contributed by atoms with Crippen molar-refractivity contribution in [3.05, 3.63) is 64.7 Å². The number of fused-ring (bicyclic) bond motifs is 1. The van der Waals surface area contributed by atoms with Crippen LogP contribution in [0, 0.1) is 5.92 Å². The Balaban J connectivity index is 1.81. The maximum Gasteiger partial charge on any atom is 0.242 e. The van der Waals surface area contributed by atoms with Gasteiger partial charge in [-0.3, -0.25) is 14.4 Å². The second-order valence-electron chi connectivity index (χ2n) is 9.81. The van der Waals surface area contributed by atoms with Gasteiger partial charge in [-0.2, -0.15) is 0 Å². The molecule has 206 valence electrons. The average Bonchev–Trinajstić information content (AvgIpc) is 2.91. The van der Waals surface area contributed by atoms with E-state index in [-0.39, 0.29) is 24.3 Å². The number of hydrogen-bond donors (Lipinski definition) is 3. The van der Waals surface area contributed by atoms with E-state index >= 15 is 0 Å². The van der Waals surface area contributed by atoms with E-state index in [1.807, 2.05) is 50.2 Å². The first-order valence-corrected chi connectivity index (χ1v) is 13.7. The summed E-state index contributed by atoms with van der Waals surface area (Å²) in [5.74, 6) is 0.0329. The third-order valence-electron chi connectivity index (χ3n) is 6.86. The molecule has 0 fully saturated rings. The molecule has 3 atom stereocenters. The lowest BCUT2D eigenvalue weighted by Gasteiger charge is -2.29. The maximum atomic E-state index is 13.3. The zero-order valence-corrected chi connectivity index (χ0v) is 23.2. The average molecular weight is 543 g/mol. The number of carbonyl (C=O) groups excluding carboxylic acids is 3. The van der Waals surface area contributed by atoms with Crippen LogP contribution in [0.2, 0.25) is 5.02 Å². The Morgan fingerprint density at radius 1 is 1.08 bits per heavy atom. The number of halogens is 1. The molecule has 0 aliphatic carbocycles. The lowest BCUT2D eigenvalue weighted by Crippen LogP contribution is -2.54. The third kappa shape index (κ3) is 8.74. The van der Waals surface area contributed by atoms with Crippen molar-refractivity contribution < 1.29 is 19.1 Å². The van der Waals surface area contributed by atoms with E-state index < -0.39 is 18.0 Å². The monoisotopic (exact) mass is 542 g/mol. The van der Waals surface area contributed by atoms with Crippen molar-refractivity contribution >= 4 is 29.3 Å². The summed E-state index contributed by atoms with van der Waals surface area (Å²) >= 11 is 6.01. The van der Waals surface area contributed by atoms with Crippen molar-refractivity contribution in [2.75, 3.05) is 33.3 Å². The standard InChI is InChI=1S/C29H39ClN4O4/c1-4-20(2)27-29(37)34(3)19-26(35)33-24(18-21-11-13-23(30)14-12-21)28(36)32-15-7-9-22-8-5-6-10-25(22)38-17-16-31-27/h5-6,8,10-14,20,24,27,31H,4,7,9,15-19H2,1-3H3,(H,32,36)(H,33,35)/t20?,24-,27+/m1/s1. The molecule has 2 aromatic rings. The van der Waals surface area contributed by atoms with Crippen LogP contribution in [-0.2, 0) is 27.2 Å². The number of rotatable bonds is 4. The summed E-state index contributed by atoms with van der Waals surface area (Å²) in [6, 6.07) is 13.8. The zero-order chi connectivity index (χ0) is 27.5. The number of ether oxygens (including phenoxy) is 1. The Morgan fingerprint density at radius 3 is 2.55 bits per heavy atom. The molecule has 2 aromatic carbocycles. The predicted molar refractivity (Wildman–Crippen MR) is 149 cm³/mol. The largest absolute Gasteiger partial charge is 0.492 e. The van der Waals surface area contributed by atoms with Crippen molar-refractivity contribution in [3.63, 3.8) is 0 Å². The number of para-hydroxylation sites is 1. The Labute approximate surface area is 230 Å². The number of likely N-dealkylation sites (N-methyl/N-ethyl adjacent to an activating group) is 1. The van der Waals surface area contributed by atoms with Crippen LogP contribution in [0.5, 0.6) is 5.75 Å². The van der Waals surface area contributed by atoms with Crippen LogP contribution in [0.4, 0.5) is 0 Å². The number of nitrogens with one attached hydrogen (secondary N) is 3. The lowest BCUT2D eigenvalue weighted by molar-refractivity contribution is -0.138. The van der Waals surface area contributed by atoms with Gasteiger partial charge in [-0.1, -0.05) is 62.2 Å². The molecule has 8 nitrogen and oxygen atoms in total. The molecule has 0 spiro atoms. The van der Waals surface area contributed by atoms with Crippen molar-refractivity contribution in [2.24, 2.45) is 5.92 Å². The molecule has 38 heavy (non-hydrogen) atoms. The van der Waals surface area contributed by atoms with Gasteiger partial charge in [-0.25, -0.2) is 0 Å². The Bertz CT molecular complexity index is 1080. The van der Waals surface area contributed by atoms with Gasteiger partial charge in [-0.15, -0.1) is 0 Å². The summed E-state index contributed by atoms with van der Waals surface area (Å²) < 4.78 is 6.04. The summed E-state index contributed by atoms with van der Waals surface area (Å²) in [6.07, 6.45) is 2.56. The molecule has 0 saturated carbocycles. The molecule has 3 rings (SSSR count). The normalized spacial score (nSPS) is 21.3. The Morgan fingerprint density at radius 2 is 1.82 bits per heavy atom.